The summed E-state index contributed by atoms with van der Waals surface area (Å²) in [5, 5.41) is 9.07. The lowest BCUT2D eigenvalue weighted by atomic mass is 10.1. The largest absolute Gasteiger partial charge is 0.356 e. The molecule has 3 N–H and O–H groups in total. The van der Waals surface area contributed by atoms with Crippen LogP contribution in [0.15, 0.2) is 54.6 Å². The van der Waals surface area contributed by atoms with Crippen molar-refractivity contribution in [3.05, 3.63) is 66.0 Å². The summed E-state index contributed by atoms with van der Waals surface area (Å²) >= 11 is 0. The predicted molar refractivity (Wildman–Crippen MR) is 126 cm³/mol. The number of hydrogen-bond donors (Lipinski definition) is 3. The first kappa shape index (κ1) is 20.7. The number of nitrogens with zero attached hydrogens (tertiary/aromatic N) is 3. The van der Waals surface area contributed by atoms with E-state index in [4.69, 9.17) is 0 Å². The van der Waals surface area contributed by atoms with Crippen molar-refractivity contribution in [1.29, 1.82) is 0 Å². The molecule has 1 aliphatic heterocycles. The fourth-order valence-electron chi connectivity index (χ4n) is 3.67. The zero-order valence-electron chi connectivity index (χ0n) is 18.0. The number of aryl methyl sites for hydroxylation is 2. The molecule has 1 aromatic heterocycles. The van der Waals surface area contributed by atoms with Crippen LogP contribution in [0.1, 0.15) is 31.2 Å². The first-order valence-electron chi connectivity index (χ1n) is 10.7. The van der Waals surface area contributed by atoms with E-state index in [1.54, 1.807) is 0 Å². The number of carbonyl (C=O) groups excluding carboxylic acids is 1. The van der Waals surface area contributed by atoms with Crippen molar-refractivity contribution in [1.82, 2.24) is 9.97 Å². The predicted octanol–water partition coefficient (Wildman–Crippen LogP) is 5.34. The molecule has 0 bridgehead atoms. The summed E-state index contributed by atoms with van der Waals surface area (Å²) in [5.41, 5.74) is 3.57. The zero-order chi connectivity index (χ0) is 21.6. The number of aromatic nitrogens is 2. The van der Waals surface area contributed by atoms with Crippen molar-refractivity contribution in [2.24, 2.45) is 0 Å². The van der Waals surface area contributed by atoms with Crippen molar-refractivity contribution in [3.8, 4) is 0 Å². The second-order valence-electron chi connectivity index (χ2n) is 7.69. The molecular formula is C24H28N6O. The molecule has 1 saturated heterocycles. The van der Waals surface area contributed by atoms with E-state index in [-0.39, 0.29) is 6.03 Å². The van der Waals surface area contributed by atoms with Gasteiger partial charge in [0.05, 0.1) is 0 Å². The quantitative estimate of drug-likeness (QED) is 0.506. The van der Waals surface area contributed by atoms with Crippen LogP contribution in [0.4, 0.5) is 33.5 Å². The van der Waals surface area contributed by atoms with Gasteiger partial charge in [-0.1, -0.05) is 19.1 Å². The molecule has 0 spiro atoms. The molecule has 2 heterocycles. The highest BCUT2D eigenvalue weighted by molar-refractivity contribution is 5.99. The molecule has 0 unspecified atom stereocenters. The van der Waals surface area contributed by atoms with E-state index in [9.17, 15) is 4.79 Å². The summed E-state index contributed by atoms with van der Waals surface area (Å²) in [6.45, 7) is 6.08. The molecule has 2 aromatic carbocycles. The van der Waals surface area contributed by atoms with Crippen molar-refractivity contribution in [3.63, 3.8) is 0 Å². The Balaban J connectivity index is 1.37. The number of hydrogen-bond acceptors (Lipinski definition) is 5. The van der Waals surface area contributed by atoms with Gasteiger partial charge >= 0.3 is 6.03 Å². The number of benzene rings is 2. The smallest absolute Gasteiger partial charge is 0.323 e. The number of rotatable bonds is 6. The van der Waals surface area contributed by atoms with Crippen LogP contribution in [0, 0.1) is 6.92 Å². The molecule has 3 aromatic rings. The van der Waals surface area contributed by atoms with Gasteiger partial charge in [0, 0.05) is 36.2 Å². The number of anilines is 5. The minimum atomic E-state index is -0.268. The van der Waals surface area contributed by atoms with Gasteiger partial charge in [0.1, 0.15) is 17.5 Å². The van der Waals surface area contributed by atoms with Gasteiger partial charge < -0.3 is 20.9 Å². The maximum absolute atomic E-state index is 12.3. The van der Waals surface area contributed by atoms with E-state index >= 15 is 0 Å². The molecule has 2 amide bonds. The summed E-state index contributed by atoms with van der Waals surface area (Å²) in [5.74, 6) is 2.48. The summed E-state index contributed by atoms with van der Waals surface area (Å²) in [6, 6.07) is 17.1. The summed E-state index contributed by atoms with van der Waals surface area (Å²) in [7, 11) is 0. The normalized spacial score (nSPS) is 13.2. The van der Waals surface area contributed by atoms with E-state index < -0.39 is 0 Å². The molecule has 0 aliphatic carbocycles. The van der Waals surface area contributed by atoms with Gasteiger partial charge in [0.2, 0.25) is 0 Å². The average molecular weight is 417 g/mol. The second-order valence-corrected chi connectivity index (χ2v) is 7.69. The van der Waals surface area contributed by atoms with Crippen LogP contribution in [-0.4, -0.2) is 29.1 Å². The van der Waals surface area contributed by atoms with Gasteiger partial charge in [-0.05, 0) is 68.1 Å². The highest BCUT2D eigenvalue weighted by Gasteiger charge is 2.15. The molecule has 31 heavy (non-hydrogen) atoms. The molecule has 7 nitrogen and oxygen atoms in total. The Morgan fingerprint density at radius 2 is 1.65 bits per heavy atom. The van der Waals surface area contributed by atoms with Crippen LogP contribution < -0.4 is 20.9 Å². The number of carbonyl (C=O) groups is 1. The van der Waals surface area contributed by atoms with E-state index in [1.807, 2.05) is 61.5 Å². The van der Waals surface area contributed by atoms with E-state index in [0.717, 1.165) is 48.3 Å². The lowest BCUT2D eigenvalue weighted by Gasteiger charge is -2.18. The number of amides is 2. The number of nitrogens with one attached hydrogen (secondary N) is 3. The molecule has 4 rings (SSSR count). The maximum atomic E-state index is 12.3. The molecule has 1 fully saturated rings. The topological polar surface area (TPSA) is 82.2 Å². The highest BCUT2D eigenvalue weighted by atomic mass is 16.2. The van der Waals surface area contributed by atoms with Gasteiger partial charge in [-0.15, -0.1) is 0 Å². The second kappa shape index (κ2) is 9.47. The van der Waals surface area contributed by atoms with E-state index in [1.165, 1.54) is 18.4 Å². The monoisotopic (exact) mass is 416 g/mol. The number of urea groups is 1. The van der Waals surface area contributed by atoms with Gasteiger partial charge in [-0.2, -0.15) is 0 Å². The van der Waals surface area contributed by atoms with Crippen LogP contribution in [0.25, 0.3) is 0 Å². The Morgan fingerprint density at radius 3 is 2.39 bits per heavy atom. The Labute approximate surface area is 182 Å². The van der Waals surface area contributed by atoms with Crippen LogP contribution in [0.5, 0.6) is 0 Å². The lowest BCUT2D eigenvalue weighted by Crippen LogP contribution is -2.20. The van der Waals surface area contributed by atoms with Gasteiger partial charge in [0.15, 0.2) is 0 Å². The summed E-state index contributed by atoms with van der Waals surface area (Å²) in [6.07, 6.45) is 3.34. The van der Waals surface area contributed by atoms with Crippen LogP contribution in [0.2, 0.25) is 0 Å². The third kappa shape index (κ3) is 5.51. The third-order valence-corrected chi connectivity index (χ3v) is 5.26. The summed E-state index contributed by atoms with van der Waals surface area (Å²) in [4.78, 5) is 23.7. The molecule has 7 heteroatoms. The van der Waals surface area contributed by atoms with Crippen LogP contribution >= 0.6 is 0 Å². The van der Waals surface area contributed by atoms with Crippen molar-refractivity contribution >= 4 is 34.7 Å². The van der Waals surface area contributed by atoms with Crippen molar-refractivity contribution < 1.29 is 4.79 Å². The fourth-order valence-corrected chi connectivity index (χ4v) is 3.67. The van der Waals surface area contributed by atoms with Gasteiger partial charge in [-0.25, -0.2) is 14.8 Å². The summed E-state index contributed by atoms with van der Waals surface area (Å²) < 4.78 is 0. The molecule has 0 saturated carbocycles. The Kier molecular flexibility index (Phi) is 6.31. The Bertz CT molecular complexity index is 1040. The van der Waals surface area contributed by atoms with E-state index in [0.29, 0.717) is 5.69 Å². The Hall–Kier alpha value is -3.61. The molecule has 0 radical (unpaired) electrons. The molecular weight excluding hydrogens is 388 g/mol. The Morgan fingerprint density at radius 1 is 0.935 bits per heavy atom. The molecule has 160 valence electrons. The first-order chi connectivity index (χ1) is 15.1. The minimum absolute atomic E-state index is 0.268. The van der Waals surface area contributed by atoms with E-state index in [2.05, 4.69) is 37.7 Å². The molecule has 0 atom stereocenters. The SMILES string of the molecule is CCc1cccc(NC(=O)Nc2ccc(Nc3cc(N4CCCC4)nc(C)n3)cc2)c1. The molecule has 1 aliphatic rings. The first-order valence-corrected chi connectivity index (χ1v) is 10.7. The maximum Gasteiger partial charge on any atom is 0.323 e. The van der Waals surface area contributed by atoms with Crippen molar-refractivity contribution in [2.45, 2.75) is 33.1 Å². The minimum Gasteiger partial charge on any atom is -0.356 e. The van der Waals surface area contributed by atoms with Gasteiger partial charge in [-0.3, -0.25) is 0 Å². The highest BCUT2D eigenvalue weighted by Crippen LogP contribution is 2.23. The van der Waals surface area contributed by atoms with Crippen LogP contribution in [0.3, 0.4) is 0 Å². The van der Waals surface area contributed by atoms with Gasteiger partial charge in [0.25, 0.3) is 0 Å². The standard InChI is InChI=1S/C24H28N6O/c1-3-18-7-6-8-21(15-18)29-24(31)28-20-11-9-19(10-12-20)27-22-16-23(26-17(2)25-22)30-13-4-5-14-30/h6-12,15-16H,3-5,13-14H2,1-2H3,(H,25,26,27)(H2,28,29,31). The lowest BCUT2D eigenvalue weighted by molar-refractivity contribution is 0.262. The van der Waals surface area contributed by atoms with Crippen molar-refractivity contribution in [2.75, 3.05) is 33.9 Å². The fraction of sp³-hybridized carbons (Fsp3) is 0.292. The van der Waals surface area contributed by atoms with Crippen LogP contribution in [-0.2, 0) is 6.42 Å². The average Bonchev–Trinajstić information content (AvgIpc) is 3.30. The third-order valence-electron chi connectivity index (χ3n) is 5.26. The zero-order valence-corrected chi connectivity index (χ0v) is 18.0.